The zero-order valence-corrected chi connectivity index (χ0v) is 14.6. The van der Waals surface area contributed by atoms with Crippen LogP contribution in [-0.4, -0.2) is 33.9 Å². The van der Waals surface area contributed by atoms with E-state index in [2.05, 4.69) is 5.10 Å². The summed E-state index contributed by atoms with van der Waals surface area (Å²) in [5.41, 5.74) is 2.30. The summed E-state index contributed by atoms with van der Waals surface area (Å²) in [5.74, 6) is -0.925. The molecule has 0 unspecified atom stereocenters. The quantitative estimate of drug-likeness (QED) is 0.782. The van der Waals surface area contributed by atoms with Gasteiger partial charge < -0.3 is 9.47 Å². The summed E-state index contributed by atoms with van der Waals surface area (Å²) in [4.78, 5) is 24.3. The van der Waals surface area contributed by atoms with Crippen LogP contribution in [0, 0.1) is 0 Å². The van der Waals surface area contributed by atoms with Crippen molar-refractivity contribution in [1.29, 1.82) is 0 Å². The molecule has 1 fully saturated rings. The number of esters is 2. The molecule has 0 saturated carbocycles. The Kier molecular flexibility index (Phi) is 4.88. The topological polar surface area (TPSA) is 70.4 Å². The van der Waals surface area contributed by atoms with E-state index in [-0.39, 0.29) is 12.0 Å². The monoisotopic (exact) mass is 342 g/mol. The van der Waals surface area contributed by atoms with Crippen molar-refractivity contribution in [2.24, 2.45) is 0 Å². The van der Waals surface area contributed by atoms with E-state index in [1.807, 2.05) is 48.9 Å². The van der Waals surface area contributed by atoms with E-state index in [1.165, 1.54) is 6.20 Å². The van der Waals surface area contributed by atoms with Gasteiger partial charge in [0.2, 0.25) is 6.10 Å². The van der Waals surface area contributed by atoms with Crippen LogP contribution in [0.15, 0.2) is 36.5 Å². The minimum atomic E-state index is -0.833. The Morgan fingerprint density at radius 3 is 2.68 bits per heavy atom. The molecule has 1 aliphatic heterocycles. The van der Waals surface area contributed by atoms with E-state index in [0.29, 0.717) is 18.5 Å². The predicted molar refractivity (Wildman–Crippen MR) is 91.2 cm³/mol. The Balaban J connectivity index is 1.81. The van der Waals surface area contributed by atoms with E-state index < -0.39 is 18.0 Å². The Morgan fingerprint density at radius 2 is 2.08 bits per heavy atom. The van der Waals surface area contributed by atoms with Gasteiger partial charge in [-0.25, -0.2) is 9.59 Å². The van der Waals surface area contributed by atoms with Crippen molar-refractivity contribution in [2.75, 3.05) is 0 Å². The van der Waals surface area contributed by atoms with Crippen molar-refractivity contribution in [3.63, 3.8) is 0 Å². The van der Waals surface area contributed by atoms with Gasteiger partial charge in [-0.05, 0) is 18.4 Å². The molecule has 2 atom stereocenters. The fraction of sp³-hybridized carbons (Fsp3) is 0.421. The lowest BCUT2D eigenvalue weighted by Gasteiger charge is -2.13. The lowest BCUT2D eigenvalue weighted by atomic mass is 10.1. The van der Waals surface area contributed by atoms with Crippen LogP contribution in [0.4, 0.5) is 0 Å². The molecule has 1 saturated heterocycles. The zero-order valence-electron chi connectivity index (χ0n) is 14.6. The van der Waals surface area contributed by atoms with Crippen LogP contribution < -0.4 is 0 Å². The molecule has 3 rings (SSSR count). The maximum Gasteiger partial charge on any atom is 0.347 e. The predicted octanol–water partition coefficient (Wildman–Crippen LogP) is 2.92. The van der Waals surface area contributed by atoms with Crippen molar-refractivity contribution in [1.82, 2.24) is 9.78 Å². The Bertz CT molecular complexity index is 767. The molecule has 0 bridgehead atoms. The van der Waals surface area contributed by atoms with Crippen LogP contribution in [0.5, 0.6) is 0 Å². The smallest absolute Gasteiger partial charge is 0.347 e. The van der Waals surface area contributed by atoms with Crippen molar-refractivity contribution >= 4 is 11.9 Å². The second-order valence-electron chi connectivity index (χ2n) is 6.62. The minimum absolute atomic E-state index is 0.0863. The normalized spacial score (nSPS) is 19.9. The molecule has 6 nitrogen and oxygen atoms in total. The lowest BCUT2D eigenvalue weighted by molar-refractivity contribution is -0.147. The summed E-state index contributed by atoms with van der Waals surface area (Å²) in [6.07, 6.45) is 0.847. The van der Waals surface area contributed by atoms with E-state index >= 15 is 0 Å². The fourth-order valence-electron chi connectivity index (χ4n) is 3.05. The number of rotatable bonds is 5. The molecular weight excluding hydrogens is 320 g/mol. The van der Waals surface area contributed by atoms with Crippen molar-refractivity contribution in [3.8, 4) is 0 Å². The molecule has 2 aromatic rings. The molecule has 0 radical (unpaired) electrons. The third-order valence-electron chi connectivity index (χ3n) is 4.20. The van der Waals surface area contributed by atoms with Crippen molar-refractivity contribution < 1.29 is 19.1 Å². The summed E-state index contributed by atoms with van der Waals surface area (Å²) in [5, 5.41) is 4.36. The highest BCUT2D eigenvalue weighted by atomic mass is 16.6. The summed E-state index contributed by atoms with van der Waals surface area (Å²) in [6.45, 7) is 6.36. The number of carbonyl (C=O) groups excluding carboxylic acids is 2. The lowest BCUT2D eigenvalue weighted by Crippen LogP contribution is -2.23. The highest BCUT2D eigenvalue weighted by molar-refractivity contribution is 5.92. The van der Waals surface area contributed by atoms with Crippen LogP contribution in [0.25, 0.3) is 0 Å². The Hall–Kier alpha value is -2.63. The molecule has 1 aromatic heterocycles. The highest BCUT2D eigenvalue weighted by Gasteiger charge is 2.36. The maximum atomic E-state index is 12.6. The SMILES string of the molecule is CC(C)c1c(C(=O)O[C@H]2C[C@@H](C)OC2=O)cnn1Cc1ccccc1. The molecule has 0 N–H and O–H groups in total. The van der Waals surface area contributed by atoms with Gasteiger partial charge in [-0.2, -0.15) is 5.10 Å². The largest absolute Gasteiger partial charge is 0.460 e. The number of cyclic esters (lactones) is 1. The van der Waals surface area contributed by atoms with E-state index in [9.17, 15) is 9.59 Å². The van der Waals surface area contributed by atoms with Gasteiger partial charge >= 0.3 is 11.9 Å². The molecule has 25 heavy (non-hydrogen) atoms. The third-order valence-corrected chi connectivity index (χ3v) is 4.20. The minimum Gasteiger partial charge on any atom is -0.460 e. The Labute approximate surface area is 146 Å². The first kappa shape index (κ1) is 17.2. The van der Waals surface area contributed by atoms with Crippen LogP contribution >= 0.6 is 0 Å². The van der Waals surface area contributed by atoms with Gasteiger partial charge in [-0.15, -0.1) is 0 Å². The summed E-state index contributed by atoms with van der Waals surface area (Å²) in [7, 11) is 0. The van der Waals surface area contributed by atoms with Crippen molar-refractivity contribution in [3.05, 3.63) is 53.3 Å². The van der Waals surface area contributed by atoms with Gasteiger partial charge in [-0.3, -0.25) is 4.68 Å². The summed E-state index contributed by atoms with van der Waals surface area (Å²) in [6, 6.07) is 9.92. The molecule has 2 heterocycles. The molecule has 0 aliphatic carbocycles. The van der Waals surface area contributed by atoms with Crippen molar-refractivity contribution in [2.45, 2.75) is 51.9 Å². The summed E-state index contributed by atoms with van der Waals surface area (Å²) < 4.78 is 12.2. The summed E-state index contributed by atoms with van der Waals surface area (Å²) >= 11 is 0. The molecule has 0 spiro atoms. The number of nitrogens with zero attached hydrogens (tertiary/aromatic N) is 2. The standard InChI is InChI=1S/C19H22N2O4/c1-12(2)17-15(18(22)25-16-9-13(3)24-19(16)23)10-20-21(17)11-14-7-5-4-6-8-14/h4-8,10,12-13,16H,9,11H2,1-3H3/t13-,16+/m1/s1. The molecule has 1 aliphatic rings. The first-order valence-corrected chi connectivity index (χ1v) is 8.46. The van der Waals surface area contributed by atoms with Gasteiger partial charge in [0.25, 0.3) is 0 Å². The average molecular weight is 342 g/mol. The molecule has 0 amide bonds. The van der Waals surface area contributed by atoms with Crippen LogP contribution in [0.2, 0.25) is 0 Å². The Morgan fingerprint density at radius 1 is 1.36 bits per heavy atom. The van der Waals surface area contributed by atoms with E-state index in [4.69, 9.17) is 9.47 Å². The average Bonchev–Trinajstić information content (AvgIpc) is 3.11. The fourth-order valence-corrected chi connectivity index (χ4v) is 3.05. The zero-order chi connectivity index (χ0) is 18.0. The van der Waals surface area contributed by atoms with E-state index in [0.717, 1.165) is 11.3 Å². The second kappa shape index (κ2) is 7.09. The number of hydrogen-bond acceptors (Lipinski definition) is 5. The first-order valence-electron chi connectivity index (χ1n) is 8.46. The number of benzene rings is 1. The highest BCUT2D eigenvalue weighted by Crippen LogP contribution is 2.24. The van der Waals surface area contributed by atoms with Gasteiger partial charge in [0.15, 0.2) is 0 Å². The third kappa shape index (κ3) is 3.73. The number of ether oxygens (including phenoxy) is 2. The van der Waals surface area contributed by atoms with E-state index in [1.54, 1.807) is 6.92 Å². The molecule has 6 heteroatoms. The van der Waals surface area contributed by atoms with Gasteiger partial charge in [0.05, 0.1) is 18.4 Å². The second-order valence-corrected chi connectivity index (χ2v) is 6.62. The molecule has 132 valence electrons. The van der Waals surface area contributed by atoms with Gasteiger partial charge in [-0.1, -0.05) is 44.2 Å². The molecule has 1 aromatic carbocycles. The first-order chi connectivity index (χ1) is 12.0. The van der Waals surface area contributed by atoms with Gasteiger partial charge in [0, 0.05) is 6.42 Å². The van der Waals surface area contributed by atoms with Gasteiger partial charge in [0.1, 0.15) is 11.7 Å². The van der Waals surface area contributed by atoms with Crippen LogP contribution in [0.1, 0.15) is 54.7 Å². The number of carbonyl (C=O) groups is 2. The molecular formula is C19H22N2O4. The number of aromatic nitrogens is 2. The van der Waals surface area contributed by atoms with Crippen LogP contribution in [0.3, 0.4) is 0 Å². The maximum absolute atomic E-state index is 12.6. The number of hydrogen-bond donors (Lipinski definition) is 0. The van der Waals surface area contributed by atoms with Crippen LogP contribution in [-0.2, 0) is 20.8 Å².